The van der Waals surface area contributed by atoms with E-state index in [9.17, 15) is 14.4 Å². The second-order valence-corrected chi connectivity index (χ2v) is 6.72. The maximum Gasteiger partial charge on any atom is 0.316 e. The molecular weight excluding hydrogens is 344 g/mol. The quantitative estimate of drug-likeness (QED) is 0.775. The minimum atomic E-state index is -0.944. The van der Waals surface area contributed by atoms with Gasteiger partial charge >= 0.3 is 6.03 Å². The first-order chi connectivity index (χ1) is 12.9. The summed E-state index contributed by atoms with van der Waals surface area (Å²) in [5.41, 5.74) is 5.74. The number of likely N-dealkylation sites (tertiary alicyclic amines) is 1. The lowest BCUT2D eigenvalue weighted by atomic mass is 9.96. The normalized spacial score (nSPS) is 18.8. The Labute approximate surface area is 157 Å². The third-order valence-corrected chi connectivity index (χ3v) is 4.78. The molecule has 1 atom stereocenters. The van der Waals surface area contributed by atoms with Gasteiger partial charge in [0.2, 0.25) is 5.91 Å². The van der Waals surface area contributed by atoms with Crippen LogP contribution in [0.15, 0.2) is 54.6 Å². The molecule has 1 heterocycles. The number of carbonyl (C=O) groups is 3. The van der Waals surface area contributed by atoms with E-state index in [1.54, 1.807) is 60.4 Å². The average molecular weight is 366 g/mol. The summed E-state index contributed by atoms with van der Waals surface area (Å²) in [7, 11) is 0. The lowest BCUT2D eigenvalue weighted by Crippen LogP contribution is -2.53. The van der Waals surface area contributed by atoms with Crippen molar-refractivity contribution in [3.8, 4) is 0 Å². The number of anilines is 2. The van der Waals surface area contributed by atoms with Crippen molar-refractivity contribution < 1.29 is 14.4 Å². The van der Waals surface area contributed by atoms with Gasteiger partial charge in [0, 0.05) is 23.5 Å². The van der Waals surface area contributed by atoms with Gasteiger partial charge in [-0.3, -0.25) is 9.59 Å². The Morgan fingerprint density at radius 3 is 2.33 bits per heavy atom. The minimum absolute atomic E-state index is 0.158. The fourth-order valence-electron chi connectivity index (χ4n) is 3.34. The van der Waals surface area contributed by atoms with Gasteiger partial charge in [0.15, 0.2) is 0 Å². The van der Waals surface area contributed by atoms with Gasteiger partial charge in [0.25, 0.3) is 5.91 Å². The lowest BCUT2D eigenvalue weighted by Gasteiger charge is -2.34. The molecule has 0 spiro atoms. The van der Waals surface area contributed by atoms with E-state index < -0.39 is 11.6 Å². The van der Waals surface area contributed by atoms with Crippen molar-refractivity contribution in [1.82, 2.24) is 4.90 Å². The third-order valence-electron chi connectivity index (χ3n) is 4.78. The first-order valence-electron chi connectivity index (χ1n) is 8.75. The van der Waals surface area contributed by atoms with Crippen LogP contribution in [-0.4, -0.2) is 34.8 Å². The highest BCUT2D eigenvalue weighted by Gasteiger charge is 2.45. The van der Waals surface area contributed by atoms with E-state index in [0.717, 1.165) is 6.42 Å². The van der Waals surface area contributed by atoms with Crippen LogP contribution in [0.1, 0.15) is 30.1 Å². The summed E-state index contributed by atoms with van der Waals surface area (Å²) in [6.45, 7) is 2.31. The first kappa shape index (κ1) is 18.4. The summed E-state index contributed by atoms with van der Waals surface area (Å²) in [5.74, 6) is -0.421. The van der Waals surface area contributed by atoms with Crippen LogP contribution in [0, 0.1) is 0 Å². The smallest absolute Gasteiger partial charge is 0.316 e. The molecule has 27 heavy (non-hydrogen) atoms. The van der Waals surface area contributed by atoms with E-state index in [4.69, 9.17) is 5.73 Å². The Morgan fingerprint density at radius 1 is 1.00 bits per heavy atom. The number of rotatable bonds is 4. The molecule has 2 aromatic rings. The van der Waals surface area contributed by atoms with Crippen LogP contribution in [0.25, 0.3) is 0 Å². The van der Waals surface area contributed by atoms with Crippen molar-refractivity contribution in [3.05, 3.63) is 60.2 Å². The highest BCUT2D eigenvalue weighted by Crippen LogP contribution is 2.32. The molecular formula is C20H22N4O3. The van der Waals surface area contributed by atoms with Crippen LogP contribution in [0.3, 0.4) is 0 Å². The number of nitrogens with zero attached hydrogens (tertiary/aromatic N) is 1. The van der Waals surface area contributed by atoms with Crippen molar-refractivity contribution in [2.45, 2.75) is 25.3 Å². The van der Waals surface area contributed by atoms with Gasteiger partial charge in [-0.1, -0.05) is 24.3 Å². The summed E-state index contributed by atoms with van der Waals surface area (Å²) in [5, 5.41) is 5.32. The average Bonchev–Trinajstić information content (AvgIpc) is 3.04. The fourth-order valence-corrected chi connectivity index (χ4v) is 3.34. The summed E-state index contributed by atoms with van der Waals surface area (Å²) in [4.78, 5) is 38.5. The van der Waals surface area contributed by atoms with Crippen molar-refractivity contribution in [2.75, 3.05) is 17.2 Å². The van der Waals surface area contributed by atoms with Gasteiger partial charge in [-0.05, 0) is 50.1 Å². The van der Waals surface area contributed by atoms with Crippen LogP contribution < -0.4 is 16.4 Å². The van der Waals surface area contributed by atoms with Crippen LogP contribution >= 0.6 is 0 Å². The van der Waals surface area contributed by atoms with Gasteiger partial charge in [0.05, 0.1) is 0 Å². The molecule has 2 aromatic carbocycles. The van der Waals surface area contributed by atoms with Gasteiger partial charge in [0.1, 0.15) is 5.54 Å². The molecule has 140 valence electrons. The zero-order valence-corrected chi connectivity index (χ0v) is 15.1. The molecule has 0 radical (unpaired) electrons. The molecule has 1 fully saturated rings. The Morgan fingerprint density at radius 2 is 1.67 bits per heavy atom. The van der Waals surface area contributed by atoms with Gasteiger partial charge < -0.3 is 21.3 Å². The largest absolute Gasteiger partial charge is 0.351 e. The van der Waals surface area contributed by atoms with E-state index in [-0.39, 0.29) is 11.8 Å². The van der Waals surface area contributed by atoms with Crippen molar-refractivity contribution in [2.24, 2.45) is 5.73 Å². The predicted octanol–water partition coefficient (Wildman–Crippen LogP) is 2.81. The number of primary amides is 1. The van der Waals surface area contributed by atoms with E-state index in [2.05, 4.69) is 10.6 Å². The Balaban J connectivity index is 1.78. The molecule has 4 N–H and O–H groups in total. The number of amides is 4. The maximum atomic E-state index is 13.0. The van der Waals surface area contributed by atoms with Gasteiger partial charge in [-0.2, -0.15) is 0 Å². The molecule has 7 heteroatoms. The van der Waals surface area contributed by atoms with E-state index in [1.165, 1.54) is 0 Å². The van der Waals surface area contributed by atoms with E-state index in [0.29, 0.717) is 29.9 Å². The molecule has 0 unspecified atom stereocenters. The second-order valence-electron chi connectivity index (χ2n) is 6.72. The van der Waals surface area contributed by atoms with Crippen LogP contribution in [0.4, 0.5) is 16.2 Å². The number of hydrogen-bond donors (Lipinski definition) is 3. The molecule has 1 aliphatic heterocycles. The summed E-state index contributed by atoms with van der Waals surface area (Å²) in [6, 6.07) is 15.0. The Bertz CT molecular complexity index is 869. The first-order valence-corrected chi connectivity index (χ1v) is 8.75. The SMILES string of the molecule is C[C@@]1(C(=O)Nc2cccc(NC(N)=O)c2)CCCN1C(=O)c1ccccc1. The van der Waals surface area contributed by atoms with Crippen molar-refractivity contribution in [1.29, 1.82) is 0 Å². The summed E-state index contributed by atoms with van der Waals surface area (Å²) < 4.78 is 0. The standard InChI is InChI=1S/C20H22N4O3/c1-20(11-6-12-24(20)17(25)14-7-3-2-4-8-14)18(26)22-15-9-5-10-16(13-15)23-19(21)27/h2-5,7-10,13H,6,11-12H2,1H3,(H,22,26)(H3,21,23,27)/t20-/m0/s1. The molecule has 4 amide bonds. The zero-order valence-electron chi connectivity index (χ0n) is 15.1. The van der Waals surface area contributed by atoms with E-state index >= 15 is 0 Å². The molecule has 0 aromatic heterocycles. The number of nitrogens with two attached hydrogens (primary N) is 1. The second kappa shape index (κ2) is 7.49. The number of nitrogens with one attached hydrogen (secondary N) is 2. The number of urea groups is 1. The van der Waals surface area contributed by atoms with Gasteiger partial charge in [-0.15, -0.1) is 0 Å². The Hall–Kier alpha value is -3.35. The Kier molecular flexibility index (Phi) is 5.12. The maximum absolute atomic E-state index is 13.0. The lowest BCUT2D eigenvalue weighted by molar-refractivity contribution is -0.124. The molecule has 3 rings (SSSR count). The number of hydrogen-bond acceptors (Lipinski definition) is 3. The number of carbonyl (C=O) groups excluding carboxylic acids is 3. The minimum Gasteiger partial charge on any atom is -0.351 e. The fraction of sp³-hybridized carbons (Fsp3) is 0.250. The van der Waals surface area contributed by atoms with Gasteiger partial charge in [-0.25, -0.2) is 4.79 Å². The van der Waals surface area contributed by atoms with Crippen LogP contribution in [-0.2, 0) is 4.79 Å². The summed E-state index contributed by atoms with van der Waals surface area (Å²) >= 11 is 0. The molecule has 0 aliphatic carbocycles. The highest BCUT2D eigenvalue weighted by atomic mass is 16.2. The molecule has 0 bridgehead atoms. The summed E-state index contributed by atoms with van der Waals surface area (Å²) in [6.07, 6.45) is 1.34. The van der Waals surface area contributed by atoms with E-state index in [1.807, 2.05) is 6.07 Å². The van der Waals surface area contributed by atoms with Crippen molar-refractivity contribution in [3.63, 3.8) is 0 Å². The predicted molar refractivity (Wildman–Crippen MR) is 103 cm³/mol. The number of benzene rings is 2. The molecule has 1 aliphatic rings. The van der Waals surface area contributed by atoms with Crippen molar-refractivity contribution >= 4 is 29.2 Å². The highest BCUT2D eigenvalue weighted by molar-refractivity contribution is 6.04. The molecule has 0 saturated carbocycles. The third kappa shape index (κ3) is 3.92. The topological polar surface area (TPSA) is 105 Å². The molecule has 1 saturated heterocycles. The zero-order chi connectivity index (χ0) is 19.4. The van der Waals surface area contributed by atoms with Crippen LogP contribution in [0.5, 0.6) is 0 Å². The monoisotopic (exact) mass is 366 g/mol. The van der Waals surface area contributed by atoms with Crippen LogP contribution in [0.2, 0.25) is 0 Å². The molecule has 7 nitrogen and oxygen atoms in total.